The Hall–Kier alpha value is -3.25. The maximum absolute atomic E-state index is 12.6. The van der Waals surface area contributed by atoms with Crippen molar-refractivity contribution in [3.05, 3.63) is 76.4 Å². The third-order valence-corrected chi connectivity index (χ3v) is 5.88. The number of fused-ring (bicyclic) bond motifs is 1. The Balaban J connectivity index is 1.61. The quantitative estimate of drug-likeness (QED) is 0.476. The van der Waals surface area contributed by atoms with Gasteiger partial charge in [0.05, 0.1) is 17.1 Å². The molecule has 1 amide bonds. The highest BCUT2D eigenvalue weighted by atomic mass is 32.2. The molecule has 0 spiro atoms. The van der Waals surface area contributed by atoms with Crippen LogP contribution in [0, 0.1) is 0 Å². The van der Waals surface area contributed by atoms with E-state index in [-0.39, 0.29) is 11.7 Å². The normalized spacial score (nSPS) is 14.0. The van der Waals surface area contributed by atoms with Crippen LogP contribution in [0.2, 0.25) is 0 Å². The highest BCUT2D eigenvalue weighted by molar-refractivity contribution is 8.04. The summed E-state index contributed by atoms with van der Waals surface area (Å²) in [6, 6.07) is 16.7. The van der Waals surface area contributed by atoms with Crippen LogP contribution in [0.15, 0.2) is 68.8 Å². The Morgan fingerprint density at radius 3 is 2.74 bits per heavy atom. The molecule has 1 aromatic heterocycles. The van der Waals surface area contributed by atoms with Crippen LogP contribution >= 0.6 is 11.8 Å². The molecule has 1 N–H and O–H groups in total. The number of rotatable bonds is 7. The summed E-state index contributed by atoms with van der Waals surface area (Å²) in [5.74, 6) is 1.58. The highest BCUT2D eigenvalue weighted by Gasteiger charge is 2.25. The van der Waals surface area contributed by atoms with Crippen molar-refractivity contribution in [2.75, 3.05) is 13.2 Å². The molecule has 3 aromatic rings. The zero-order valence-electron chi connectivity index (χ0n) is 17.4. The van der Waals surface area contributed by atoms with Gasteiger partial charge in [-0.15, -0.1) is 0 Å². The van der Waals surface area contributed by atoms with Gasteiger partial charge < -0.3 is 14.5 Å². The van der Waals surface area contributed by atoms with Gasteiger partial charge in [-0.1, -0.05) is 30.8 Å². The lowest BCUT2D eigenvalue weighted by atomic mass is 10.1. The molecular weight excluding hydrogens is 410 g/mol. The molecule has 0 saturated heterocycles. The molecule has 1 aliphatic heterocycles. The minimum atomic E-state index is -0.185. The molecule has 0 fully saturated rings. The second-order valence-corrected chi connectivity index (χ2v) is 8.14. The average Bonchev–Trinajstić information content (AvgIpc) is 3.37. The number of hydrogen-bond acceptors (Lipinski definition) is 5. The van der Waals surface area contributed by atoms with Gasteiger partial charge in [-0.2, -0.15) is 0 Å². The predicted octanol–water partition coefficient (Wildman–Crippen LogP) is 5.81. The Bertz CT molecular complexity index is 1160. The van der Waals surface area contributed by atoms with E-state index in [0.29, 0.717) is 40.9 Å². The number of hydrogen-bond donors (Lipinski definition) is 1. The molecule has 4 rings (SSSR count). The largest absolute Gasteiger partial charge is 0.493 e. The van der Waals surface area contributed by atoms with Gasteiger partial charge in [0.15, 0.2) is 0 Å². The van der Waals surface area contributed by atoms with Crippen molar-refractivity contribution in [2.24, 2.45) is 0 Å². The third kappa shape index (κ3) is 4.44. The van der Waals surface area contributed by atoms with E-state index in [1.165, 1.54) is 11.8 Å². The number of furan rings is 1. The van der Waals surface area contributed by atoms with E-state index in [4.69, 9.17) is 9.15 Å². The number of carbonyl (C=O) groups is 2. The Kier molecular flexibility index (Phi) is 6.28. The van der Waals surface area contributed by atoms with Crippen molar-refractivity contribution in [2.45, 2.75) is 25.2 Å². The summed E-state index contributed by atoms with van der Waals surface area (Å²) < 4.78 is 11.7. The summed E-state index contributed by atoms with van der Waals surface area (Å²) in [5.41, 5.74) is 1.96. The lowest BCUT2D eigenvalue weighted by Crippen LogP contribution is -2.23. The third-order valence-electron chi connectivity index (χ3n) is 4.78. The molecule has 0 radical (unpaired) electrons. The predicted molar refractivity (Wildman–Crippen MR) is 123 cm³/mol. The number of thioether (sulfide) groups is 1. The molecule has 0 aliphatic carbocycles. The molecular formula is C25H23NO4S. The first-order valence-corrected chi connectivity index (χ1v) is 11.1. The molecule has 2 heterocycles. The van der Waals surface area contributed by atoms with Gasteiger partial charge in [-0.25, -0.2) is 0 Å². The van der Waals surface area contributed by atoms with Crippen molar-refractivity contribution < 1.29 is 18.7 Å². The smallest absolute Gasteiger partial charge is 0.255 e. The summed E-state index contributed by atoms with van der Waals surface area (Å²) in [6.07, 6.45) is 2.62. The van der Waals surface area contributed by atoms with Crippen LogP contribution in [-0.4, -0.2) is 24.8 Å². The van der Waals surface area contributed by atoms with Gasteiger partial charge in [0.1, 0.15) is 17.3 Å². The van der Waals surface area contributed by atoms with Gasteiger partial charge in [0, 0.05) is 22.6 Å². The molecule has 31 heavy (non-hydrogen) atoms. The first-order valence-electron chi connectivity index (χ1n) is 10.3. The van der Waals surface area contributed by atoms with E-state index in [1.807, 2.05) is 56.3 Å². The summed E-state index contributed by atoms with van der Waals surface area (Å²) in [6.45, 7) is 4.97. The minimum absolute atomic E-state index is 0.00880. The van der Waals surface area contributed by atoms with Crippen molar-refractivity contribution in [3.63, 3.8) is 0 Å². The van der Waals surface area contributed by atoms with Gasteiger partial charge in [-0.3, -0.25) is 9.59 Å². The van der Waals surface area contributed by atoms with E-state index in [1.54, 1.807) is 18.2 Å². The second-order valence-electron chi connectivity index (χ2n) is 7.06. The maximum atomic E-state index is 12.6. The van der Waals surface area contributed by atoms with E-state index in [9.17, 15) is 9.59 Å². The lowest BCUT2D eigenvalue weighted by molar-refractivity contribution is 0.0951. The highest BCUT2D eigenvalue weighted by Crippen LogP contribution is 2.41. The standard InChI is InChI=1S/C25H23NO4S/c1-3-13-29-21-11-9-16(14-19(21)25(28)26-4-2)20-12-10-17(30-20)15-23-24(27)18-7-5-6-8-22(18)31-23/h5-12,14-15H,3-4,13H2,1-2H3,(H,26,28)/b23-15-. The molecule has 5 nitrogen and oxygen atoms in total. The van der Waals surface area contributed by atoms with Crippen LogP contribution in [0.5, 0.6) is 5.75 Å². The van der Waals surface area contributed by atoms with Crippen molar-refractivity contribution in [1.29, 1.82) is 0 Å². The molecule has 0 bridgehead atoms. The van der Waals surface area contributed by atoms with Crippen LogP contribution in [0.3, 0.4) is 0 Å². The first kappa shape index (κ1) is 21.0. The monoisotopic (exact) mass is 433 g/mol. The molecule has 0 saturated carbocycles. The minimum Gasteiger partial charge on any atom is -0.493 e. The molecule has 1 aliphatic rings. The molecule has 6 heteroatoms. The zero-order valence-corrected chi connectivity index (χ0v) is 18.3. The van der Waals surface area contributed by atoms with Gasteiger partial charge in [0.25, 0.3) is 5.91 Å². The van der Waals surface area contributed by atoms with Gasteiger partial charge in [0.2, 0.25) is 5.78 Å². The maximum Gasteiger partial charge on any atom is 0.255 e. The van der Waals surface area contributed by atoms with Crippen molar-refractivity contribution >= 4 is 29.5 Å². The number of nitrogens with one attached hydrogen (secondary N) is 1. The number of allylic oxidation sites excluding steroid dienone is 1. The van der Waals surface area contributed by atoms with Crippen molar-refractivity contribution in [3.8, 4) is 17.1 Å². The van der Waals surface area contributed by atoms with E-state index < -0.39 is 0 Å². The fourth-order valence-electron chi connectivity index (χ4n) is 3.30. The Labute approximate surface area is 185 Å². The Morgan fingerprint density at radius 1 is 1.13 bits per heavy atom. The summed E-state index contributed by atoms with van der Waals surface area (Å²) in [5, 5.41) is 2.83. The molecule has 0 atom stereocenters. The molecule has 0 unspecified atom stereocenters. The van der Waals surface area contributed by atoms with Crippen molar-refractivity contribution in [1.82, 2.24) is 5.32 Å². The number of carbonyl (C=O) groups excluding carboxylic acids is 2. The summed E-state index contributed by atoms with van der Waals surface area (Å²) in [4.78, 5) is 26.7. The SMILES string of the molecule is CCCOc1ccc(-c2ccc(/C=C3\Sc4ccccc4C3=O)o2)cc1C(=O)NCC. The van der Waals surface area contributed by atoms with Crippen LogP contribution < -0.4 is 10.1 Å². The topological polar surface area (TPSA) is 68.5 Å². The van der Waals surface area contributed by atoms with Crippen LogP contribution in [0.25, 0.3) is 17.4 Å². The molecule has 158 valence electrons. The fourth-order valence-corrected chi connectivity index (χ4v) is 4.34. The number of ether oxygens (including phenoxy) is 1. The van der Waals surface area contributed by atoms with Crippen LogP contribution in [0.4, 0.5) is 0 Å². The van der Waals surface area contributed by atoms with E-state index >= 15 is 0 Å². The summed E-state index contributed by atoms with van der Waals surface area (Å²) >= 11 is 1.45. The van der Waals surface area contributed by atoms with Crippen LogP contribution in [-0.2, 0) is 0 Å². The fraction of sp³-hybridized carbons (Fsp3) is 0.200. The molecule has 2 aromatic carbocycles. The van der Waals surface area contributed by atoms with E-state index in [0.717, 1.165) is 22.4 Å². The van der Waals surface area contributed by atoms with Gasteiger partial charge in [-0.05, 0) is 61.9 Å². The lowest BCUT2D eigenvalue weighted by Gasteiger charge is -2.12. The number of benzene rings is 2. The number of ketones is 1. The first-order chi connectivity index (χ1) is 15.1. The number of amides is 1. The van der Waals surface area contributed by atoms with E-state index in [2.05, 4.69) is 5.32 Å². The Morgan fingerprint density at radius 2 is 1.97 bits per heavy atom. The van der Waals surface area contributed by atoms with Crippen LogP contribution in [0.1, 0.15) is 46.7 Å². The average molecular weight is 434 g/mol. The summed E-state index contributed by atoms with van der Waals surface area (Å²) in [7, 11) is 0. The van der Waals surface area contributed by atoms with Gasteiger partial charge >= 0.3 is 0 Å². The number of Topliss-reactive ketones (excluding diaryl/α,β-unsaturated/α-hetero) is 1. The zero-order chi connectivity index (χ0) is 21.8. The second kappa shape index (κ2) is 9.27.